The van der Waals surface area contributed by atoms with Crippen LogP contribution in [0.15, 0.2) is 48.5 Å². The smallest absolute Gasteiger partial charge is 0.335 e. The normalized spacial score (nSPS) is 13.8. The maximum Gasteiger partial charge on any atom is 0.335 e. The van der Waals surface area contributed by atoms with Gasteiger partial charge in [0.2, 0.25) is 0 Å². The predicted molar refractivity (Wildman–Crippen MR) is 123 cm³/mol. The van der Waals surface area contributed by atoms with E-state index < -0.39 is 5.97 Å². The van der Waals surface area contributed by atoms with Crippen molar-refractivity contribution in [3.8, 4) is 5.75 Å². The van der Waals surface area contributed by atoms with E-state index in [4.69, 9.17) is 14.6 Å². The van der Waals surface area contributed by atoms with Crippen molar-refractivity contribution in [1.82, 2.24) is 5.32 Å². The maximum atomic E-state index is 13.4. The molecule has 6 nitrogen and oxygen atoms in total. The van der Waals surface area contributed by atoms with E-state index in [9.17, 15) is 9.59 Å². The Morgan fingerprint density at radius 3 is 2.53 bits per heavy atom. The number of ether oxygens (including phenoxy) is 2. The van der Waals surface area contributed by atoms with Gasteiger partial charge in [-0.05, 0) is 54.3 Å². The molecular weight excluding hydrogens is 426 g/mol. The van der Waals surface area contributed by atoms with E-state index in [1.165, 1.54) is 0 Å². The zero-order chi connectivity index (χ0) is 22.7. The number of rotatable bonds is 7. The third-order valence-electron chi connectivity index (χ3n) is 5.65. The minimum absolute atomic E-state index is 0.109. The quantitative estimate of drug-likeness (QED) is 0.548. The average molecular weight is 452 g/mol. The lowest BCUT2D eigenvalue weighted by Gasteiger charge is -2.17. The van der Waals surface area contributed by atoms with Gasteiger partial charge in [0.1, 0.15) is 5.75 Å². The van der Waals surface area contributed by atoms with Crippen LogP contribution in [-0.2, 0) is 24.2 Å². The van der Waals surface area contributed by atoms with Crippen LogP contribution in [0.5, 0.6) is 5.75 Å². The number of hydrogen-bond donors (Lipinski definition) is 2. The first kappa shape index (κ1) is 22.0. The van der Waals surface area contributed by atoms with Crippen molar-refractivity contribution >= 4 is 23.2 Å². The number of nitrogens with one attached hydrogen (secondary N) is 1. The van der Waals surface area contributed by atoms with Crippen LogP contribution in [0.3, 0.4) is 0 Å². The molecule has 0 radical (unpaired) electrons. The predicted octanol–water partition coefficient (Wildman–Crippen LogP) is 4.61. The van der Waals surface area contributed by atoms with E-state index in [1.807, 2.05) is 31.2 Å². The second-order valence-corrected chi connectivity index (χ2v) is 8.94. The molecule has 3 aromatic rings. The number of carboxylic acids is 1. The Balaban J connectivity index is 1.58. The monoisotopic (exact) mass is 451 g/mol. The molecular formula is C25H25NO5S. The number of carbonyl (C=O) groups excluding carboxylic acids is 1. The Bertz CT molecular complexity index is 1120. The van der Waals surface area contributed by atoms with E-state index in [0.29, 0.717) is 19.6 Å². The first-order valence-electron chi connectivity index (χ1n) is 10.4. The SMILES string of the molecule is COc1ccc(Cc2sc3c(c2C(=O)NC(C)c2ccc(C(=O)O)cc2)CCOC3)cc1. The minimum Gasteiger partial charge on any atom is -0.497 e. The van der Waals surface area contributed by atoms with Gasteiger partial charge in [-0.1, -0.05) is 24.3 Å². The number of hydrogen-bond acceptors (Lipinski definition) is 5. The third-order valence-corrected chi connectivity index (χ3v) is 6.85. The summed E-state index contributed by atoms with van der Waals surface area (Å²) >= 11 is 1.64. The van der Waals surface area contributed by atoms with Crippen LogP contribution in [0.1, 0.15) is 60.1 Å². The van der Waals surface area contributed by atoms with Crippen LogP contribution in [0.2, 0.25) is 0 Å². The number of carboxylic acid groups (broad SMARTS) is 1. The Hall–Kier alpha value is -3.16. The molecule has 0 fully saturated rings. The number of thiophene rings is 1. The molecule has 166 valence electrons. The molecule has 1 atom stereocenters. The molecule has 4 rings (SSSR count). The van der Waals surface area contributed by atoms with E-state index in [2.05, 4.69) is 5.32 Å². The molecule has 0 bridgehead atoms. The largest absolute Gasteiger partial charge is 0.497 e. The number of carbonyl (C=O) groups is 2. The summed E-state index contributed by atoms with van der Waals surface area (Å²) in [6.07, 6.45) is 1.38. The lowest BCUT2D eigenvalue weighted by Crippen LogP contribution is -2.28. The number of benzene rings is 2. The van der Waals surface area contributed by atoms with Crippen molar-refractivity contribution in [2.75, 3.05) is 13.7 Å². The Morgan fingerprint density at radius 1 is 1.16 bits per heavy atom. The van der Waals surface area contributed by atoms with Crippen molar-refractivity contribution in [2.45, 2.75) is 32.4 Å². The molecule has 1 amide bonds. The molecule has 1 aromatic heterocycles. The fraction of sp³-hybridized carbons (Fsp3) is 0.280. The first-order valence-corrected chi connectivity index (χ1v) is 11.3. The van der Waals surface area contributed by atoms with Gasteiger partial charge in [-0.3, -0.25) is 4.79 Å². The van der Waals surface area contributed by atoms with E-state index in [0.717, 1.165) is 44.2 Å². The molecule has 0 saturated heterocycles. The fourth-order valence-electron chi connectivity index (χ4n) is 3.87. The molecule has 0 aliphatic carbocycles. The van der Waals surface area contributed by atoms with E-state index in [1.54, 1.807) is 42.7 Å². The molecule has 1 aliphatic heterocycles. The summed E-state index contributed by atoms with van der Waals surface area (Å²) in [4.78, 5) is 26.6. The van der Waals surface area contributed by atoms with Crippen molar-refractivity contribution < 1.29 is 24.2 Å². The van der Waals surface area contributed by atoms with Crippen molar-refractivity contribution in [2.24, 2.45) is 0 Å². The third kappa shape index (κ3) is 4.69. The average Bonchev–Trinajstić information content (AvgIpc) is 3.17. The van der Waals surface area contributed by atoms with Crippen LogP contribution in [0, 0.1) is 0 Å². The van der Waals surface area contributed by atoms with Gasteiger partial charge >= 0.3 is 5.97 Å². The van der Waals surface area contributed by atoms with Crippen LogP contribution in [0.4, 0.5) is 0 Å². The molecule has 2 heterocycles. The van der Waals surface area contributed by atoms with Crippen LogP contribution in [0.25, 0.3) is 0 Å². The van der Waals surface area contributed by atoms with Gasteiger partial charge in [-0.15, -0.1) is 11.3 Å². The topological polar surface area (TPSA) is 84.9 Å². The van der Waals surface area contributed by atoms with Gasteiger partial charge in [0.15, 0.2) is 0 Å². The molecule has 7 heteroatoms. The molecule has 0 saturated carbocycles. The maximum absolute atomic E-state index is 13.4. The summed E-state index contributed by atoms with van der Waals surface area (Å²) in [6.45, 7) is 3.05. The minimum atomic E-state index is -0.969. The number of amides is 1. The van der Waals surface area contributed by atoms with Crippen LogP contribution >= 0.6 is 11.3 Å². The summed E-state index contributed by atoms with van der Waals surface area (Å²) in [5.74, 6) is -0.278. The Morgan fingerprint density at radius 2 is 1.88 bits per heavy atom. The molecule has 2 aromatic carbocycles. The molecule has 1 aliphatic rings. The molecule has 1 unspecified atom stereocenters. The summed E-state index contributed by atoms with van der Waals surface area (Å²) in [6, 6.07) is 14.2. The van der Waals surface area contributed by atoms with Crippen molar-refractivity contribution in [1.29, 1.82) is 0 Å². The lowest BCUT2D eigenvalue weighted by atomic mass is 9.99. The number of aromatic carboxylic acids is 1. The summed E-state index contributed by atoms with van der Waals surface area (Å²) in [7, 11) is 1.64. The summed E-state index contributed by atoms with van der Waals surface area (Å²) in [5.41, 5.74) is 4.01. The van der Waals surface area contributed by atoms with Crippen molar-refractivity contribution in [3.63, 3.8) is 0 Å². The van der Waals surface area contributed by atoms with E-state index >= 15 is 0 Å². The second kappa shape index (κ2) is 9.54. The standard InChI is InChI=1S/C25H25NO5S/c1-15(17-5-7-18(8-6-17)25(28)29)26-24(27)23-20-11-12-31-14-22(20)32-21(23)13-16-3-9-19(30-2)10-4-16/h3-10,15H,11-14H2,1-2H3,(H,26,27)(H,28,29). The van der Waals surface area contributed by atoms with Crippen LogP contribution < -0.4 is 10.1 Å². The number of methoxy groups -OCH3 is 1. The van der Waals surface area contributed by atoms with Gasteiger partial charge in [0, 0.05) is 16.2 Å². The molecule has 32 heavy (non-hydrogen) atoms. The fourth-order valence-corrected chi connectivity index (χ4v) is 5.20. The van der Waals surface area contributed by atoms with Gasteiger partial charge in [0.25, 0.3) is 5.91 Å². The highest BCUT2D eigenvalue weighted by Gasteiger charge is 2.26. The summed E-state index contributed by atoms with van der Waals surface area (Å²) < 4.78 is 10.9. The highest BCUT2D eigenvalue weighted by molar-refractivity contribution is 7.12. The zero-order valence-electron chi connectivity index (χ0n) is 18.0. The Labute approximate surface area is 190 Å². The first-order chi connectivity index (χ1) is 15.5. The molecule has 0 spiro atoms. The van der Waals surface area contributed by atoms with Gasteiger partial charge in [0.05, 0.1) is 37.5 Å². The van der Waals surface area contributed by atoms with Gasteiger partial charge < -0.3 is 19.9 Å². The summed E-state index contributed by atoms with van der Waals surface area (Å²) in [5, 5.41) is 12.2. The lowest BCUT2D eigenvalue weighted by molar-refractivity contribution is 0.0696. The Kier molecular flexibility index (Phi) is 6.58. The second-order valence-electron chi connectivity index (χ2n) is 7.75. The zero-order valence-corrected chi connectivity index (χ0v) is 18.8. The van der Waals surface area contributed by atoms with Gasteiger partial charge in [-0.25, -0.2) is 4.79 Å². The van der Waals surface area contributed by atoms with Gasteiger partial charge in [-0.2, -0.15) is 0 Å². The molecule has 2 N–H and O–H groups in total. The van der Waals surface area contributed by atoms with E-state index in [-0.39, 0.29) is 17.5 Å². The number of fused-ring (bicyclic) bond motifs is 1. The van der Waals surface area contributed by atoms with Crippen LogP contribution in [-0.4, -0.2) is 30.7 Å². The highest BCUT2D eigenvalue weighted by Crippen LogP contribution is 2.34. The van der Waals surface area contributed by atoms with Crippen molar-refractivity contribution in [3.05, 3.63) is 86.1 Å². The highest BCUT2D eigenvalue weighted by atomic mass is 32.1.